The van der Waals surface area contributed by atoms with E-state index in [4.69, 9.17) is 4.74 Å². The molecule has 0 spiro atoms. The minimum atomic E-state index is -0.0532. The first-order chi connectivity index (χ1) is 8.25. The van der Waals surface area contributed by atoms with Crippen molar-refractivity contribution < 1.29 is 9.13 Å². The van der Waals surface area contributed by atoms with E-state index in [-0.39, 0.29) is 11.9 Å². The number of rotatable bonds is 2. The number of hydrogen-bond donors (Lipinski definition) is 1. The van der Waals surface area contributed by atoms with Gasteiger partial charge in [-0.05, 0) is 43.4 Å². The molecule has 1 fully saturated rings. The van der Waals surface area contributed by atoms with Crippen molar-refractivity contribution in [3.8, 4) is 0 Å². The molecule has 3 unspecified atom stereocenters. The maximum absolute atomic E-state index is 13.6. The van der Waals surface area contributed by atoms with Crippen LogP contribution in [0.5, 0.6) is 0 Å². The topological polar surface area (TPSA) is 21.3 Å². The monoisotopic (exact) mass is 235 g/mol. The van der Waals surface area contributed by atoms with Crippen LogP contribution in [0.3, 0.4) is 0 Å². The number of halogens is 1. The zero-order valence-electron chi connectivity index (χ0n) is 10.1. The average Bonchev–Trinajstić information content (AvgIpc) is 2.89. The van der Waals surface area contributed by atoms with E-state index in [1.54, 1.807) is 6.07 Å². The number of benzene rings is 1. The van der Waals surface area contributed by atoms with Crippen molar-refractivity contribution >= 4 is 0 Å². The smallest absolute Gasteiger partial charge is 0.126 e. The van der Waals surface area contributed by atoms with Gasteiger partial charge in [-0.1, -0.05) is 12.1 Å². The second kappa shape index (κ2) is 4.39. The van der Waals surface area contributed by atoms with Crippen LogP contribution in [0.1, 0.15) is 36.9 Å². The summed E-state index contributed by atoms with van der Waals surface area (Å²) >= 11 is 0. The standard InChI is InChI=1S/C14H18FNO/c1-9-13(7-8-17-9)16-14-6-5-10-11(14)3-2-4-12(10)15/h2-4,9,13-14,16H,5-8H2,1H3. The van der Waals surface area contributed by atoms with Crippen LogP contribution in [-0.4, -0.2) is 18.8 Å². The molecule has 1 aromatic rings. The summed E-state index contributed by atoms with van der Waals surface area (Å²) in [4.78, 5) is 0. The van der Waals surface area contributed by atoms with Crippen LogP contribution in [0.15, 0.2) is 18.2 Å². The van der Waals surface area contributed by atoms with E-state index in [0.717, 1.165) is 37.0 Å². The Morgan fingerprint density at radius 1 is 1.35 bits per heavy atom. The molecule has 0 aromatic heterocycles. The van der Waals surface area contributed by atoms with Crippen molar-refractivity contribution in [2.75, 3.05) is 6.61 Å². The van der Waals surface area contributed by atoms with Crippen LogP contribution in [0.4, 0.5) is 4.39 Å². The third-order valence-electron chi connectivity index (χ3n) is 4.01. The Kier molecular flexibility index (Phi) is 2.89. The molecule has 1 aliphatic heterocycles. The van der Waals surface area contributed by atoms with Gasteiger partial charge in [0.2, 0.25) is 0 Å². The van der Waals surface area contributed by atoms with E-state index in [2.05, 4.69) is 12.2 Å². The van der Waals surface area contributed by atoms with Crippen molar-refractivity contribution in [3.63, 3.8) is 0 Å². The Hall–Kier alpha value is -0.930. The van der Waals surface area contributed by atoms with Crippen molar-refractivity contribution in [1.29, 1.82) is 0 Å². The first kappa shape index (κ1) is 11.2. The lowest BCUT2D eigenvalue weighted by Gasteiger charge is -2.22. The Bertz CT molecular complexity index is 421. The summed E-state index contributed by atoms with van der Waals surface area (Å²) in [6.45, 7) is 2.94. The van der Waals surface area contributed by atoms with E-state index in [1.165, 1.54) is 0 Å². The van der Waals surface area contributed by atoms with Crippen LogP contribution >= 0.6 is 0 Å². The molecule has 1 N–H and O–H groups in total. The molecule has 1 aliphatic carbocycles. The predicted octanol–water partition coefficient (Wildman–Crippen LogP) is 2.58. The minimum absolute atomic E-state index is 0.0532. The van der Waals surface area contributed by atoms with Gasteiger partial charge in [-0.3, -0.25) is 0 Å². The van der Waals surface area contributed by atoms with E-state index in [0.29, 0.717) is 12.1 Å². The summed E-state index contributed by atoms with van der Waals surface area (Å²) < 4.78 is 19.2. The molecule has 17 heavy (non-hydrogen) atoms. The first-order valence-corrected chi connectivity index (χ1v) is 6.40. The van der Waals surface area contributed by atoms with Gasteiger partial charge in [0, 0.05) is 18.7 Å². The van der Waals surface area contributed by atoms with Gasteiger partial charge in [-0.25, -0.2) is 4.39 Å². The molecular weight excluding hydrogens is 217 g/mol. The number of nitrogens with one attached hydrogen (secondary N) is 1. The van der Waals surface area contributed by atoms with Gasteiger partial charge in [-0.2, -0.15) is 0 Å². The van der Waals surface area contributed by atoms with Crippen LogP contribution in [0, 0.1) is 5.82 Å². The molecule has 3 atom stereocenters. The second-order valence-electron chi connectivity index (χ2n) is 5.04. The van der Waals surface area contributed by atoms with Crippen molar-refractivity contribution in [1.82, 2.24) is 5.32 Å². The van der Waals surface area contributed by atoms with Gasteiger partial charge in [-0.15, -0.1) is 0 Å². The van der Waals surface area contributed by atoms with Crippen molar-refractivity contribution in [2.24, 2.45) is 0 Å². The highest BCUT2D eigenvalue weighted by molar-refractivity contribution is 5.35. The average molecular weight is 235 g/mol. The zero-order chi connectivity index (χ0) is 11.8. The van der Waals surface area contributed by atoms with Crippen molar-refractivity contribution in [3.05, 3.63) is 35.1 Å². The fourth-order valence-electron chi connectivity index (χ4n) is 2.99. The predicted molar refractivity (Wildman–Crippen MR) is 64.4 cm³/mol. The second-order valence-corrected chi connectivity index (χ2v) is 5.04. The van der Waals surface area contributed by atoms with Crippen LogP contribution in [0.25, 0.3) is 0 Å². The SMILES string of the molecule is CC1OCCC1NC1CCc2c(F)cccc21. The van der Waals surface area contributed by atoms with Gasteiger partial charge in [0.15, 0.2) is 0 Å². The summed E-state index contributed by atoms with van der Waals surface area (Å²) in [5, 5.41) is 3.62. The van der Waals surface area contributed by atoms with Crippen molar-refractivity contribution in [2.45, 2.75) is 44.4 Å². The highest BCUT2D eigenvalue weighted by atomic mass is 19.1. The molecule has 92 valence electrons. The lowest BCUT2D eigenvalue weighted by atomic mass is 10.1. The molecule has 0 amide bonds. The molecule has 3 heteroatoms. The van der Waals surface area contributed by atoms with E-state index in [9.17, 15) is 4.39 Å². The minimum Gasteiger partial charge on any atom is -0.377 e. The van der Waals surface area contributed by atoms with Gasteiger partial charge >= 0.3 is 0 Å². The summed E-state index contributed by atoms with van der Waals surface area (Å²) in [6.07, 6.45) is 3.18. The highest BCUT2D eigenvalue weighted by Crippen LogP contribution is 2.33. The quantitative estimate of drug-likeness (QED) is 0.850. The number of ether oxygens (including phenoxy) is 1. The number of fused-ring (bicyclic) bond motifs is 1. The highest BCUT2D eigenvalue weighted by Gasteiger charge is 2.30. The van der Waals surface area contributed by atoms with Crippen LogP contribution in [0.2, 0.25) is 0 Å². The fraction of sp³-hybridized carbons (Fsp3) is 0.571. The van der Waals surface area contributed by atoms with E-state index < -0.39 is 0 Å². The third-order valence-corrected chi connectivity index (χ3v) is 4.01. The Labute approximate surface area is 101 Å². The molecule has 1 saturated heterocycles. The summed E-state index contributed by atoms with van der Waals surface area (Å²) in [6, 6.07) is 6.12. The summed E-state index contributed by atoms with van der Waals surface area (Å²) in [7, 11) is 0. The normalized spacial score (nSPS) is 31.8. The Morgan fingerprint density at radius 3 is 3.00 bits per heavy atom. The fourth-order valence-corrected chi connectivity index (χ4v) is 2.99. The van der Waals surface area contributed by atoms with E-state index in [1.807, 2.05) is 12.1 Å². The van der Waals surface area contributed by atoms with Crippen LogP contribution in [-0.2, 0) is 11.2 Å². The van der Waals surface area contributed by atoms with Gasteiger partial charge < -0.3 is 10.1 Å². The van der Waals surface area contributed by atoms with E-state index >= 15 is 0 Å². The molecule has 2 nitrogen and oxygen atoms in total. The Morgan fingerprint density at radius 2 is 2.24 bits per heavy atom. The van der Waals surface area contributed by atoms with Crippen LogP contribution < -0.4 is 5.32 Å². The lowest BCUT2D eigenvalue weighted by molar-refractivity contribution is 0.111. The summed E-state index contributed by atoms with van der Waals surface area (Å²) in [5.74, 6) is -0.0532. The van der Waals surface area contributed by atoms with Gasteiger partial charge in [0.05, 0.1) is 6.10 Å². The molecule has 1 heterocycles. The maximum atomic E-state index is 13.6. The Balaban J connectivity index is 1.77. The third kappa shape index (κ3) is 1.98. The molecule has 2 aliphatic rings. The lowest BCUT2D eigenvalue weighted by Crippen LogP contribution is -2.36. The maximum Gasteiger partial charge on any atom is 0.126 e. The van der Waals surface area contributed by atoms with Gasteiger partial charge in [0.1, 0.15) is 5.82 Å². The number of hydrogen-bond acceptors (Lipinski definition) is 2. The first-order valence-electron chi connectivity index (χ1n) is 6.40. The molecule has 0 bridgehead atoms. The molecule has 0 saturated carbocycles. The largest absolute Gasteiger partial charge is 0.377 e. The molecule has 1 aromatic carbocycles. The van der Waals surface area contributed by atoms with Gasteiger partial charge in [0.25, 0.3) is 0 Å². The zero-order valence-corrected chi connectivity index (χ0v) is 10.1. The molecule has 3 rings (SSSR count). The molecule has 0 radical (unpaired) electrons. The molecular formula is C14H18FNO. The summed E-state index contributed by atoms with van der Waals surface area (Å²) in [5.41, 5.74) is 2.04.